The van der Waals surface area contributed by atoms with Crippen molar-refractivity contribution in [3.63, 3.8) is 0 Å². The minimum Gasteiger partial charge on any atom is -0.466 e. The minimum absolute atomic E-state index is 0.0692. The number of carbonyl (C=O) groups is 1. The fourth-order valence-electron chi connectivity index (χ4n) is 1.90. The number of rotatable bonds is 7. The maximum absolute atomic E-state index is 10.7. The Bertz CT molecular complexity index is 265. The molecule has 92 valence electrons. The number of allylic oxidation sites excluding steroid dienone is 2. The molecule has 0 aliphatic heterocycles. The van der Waals surface area contributed by atoms with Gasteiger partial charge in [0, 0.05) is 18.9 Å². The molecule has 0 aromatic carbocycles. The smallest absolute Gasteiger partial charge is 0.302 e. The predicted octanol–water partition coefficient (Wildman–Crippen LogP) is 2.46. The zero-order valence-corrected chi connectivity index (χ0v) is 10.5. The maximum atomic E-state index is 10.7. The van der Waals surface area contributed by atoms with Gasteiger partial charge in [0.05, 0.1) is 6.61 Å². The first-order valence-electron chi connectivity index (χ1n) is 5.43. The van der Waals surface area contributed by atoms with Gasteiger partial charge in [-0.1, -0.05) is 24.3 Å². The van der Waals surface area contributed by atoms with Crippen LogP contribution in [0.3, 0.4) is 0 Å². The monoisotopic (exact) mass is 226 g/mol. The number of hydrogen-bond acceptors (Lipinski definition) is 3. The molecule has 0 rings (SSSR count). The molecule has 1 N–H and O–H groups in total. The van der Waals surface area contributed by atoms with Crippen LogP contribution in [0, 0.1) is 5.41 Å². The van der Waals surface area contributed by atoms with Crippen LogP contribution in [0.4, 0.5) is 0 Å². The van der Waals surface area contributed by atoms with E-state index in [0.717, 1.165) is 11.1 Å². The first kappa shape index (κ1) is 14.9. The van der Waals surface area contributed by atoms with E-state index in [9.17, 15) is 4.79 Å². The van der Waals surface area contributed by atoms with Gasteiger partial charge in [0.25, 0.3) is 0 Å². The van der Waals surface area contributed by atoms with E-state index < -0.39 is 0 Å². The van der Waals surface area contributed by atoms with Crippen molar-refractivity contribution >= 4 is 5.97 Å². The van der Waals surface area contributed by atoms with Crippen molar-refractivity contribution in [3.8, 4) is 0 Å². The molecule has 0 aliphatic rings. The van der Waals surface area contributed by atoms with E-state index in [1.165, 1.54) is 6.92 Å². The molecule has 0 atom stereocenters. The van der Waals surface area contributed by atoms with Gasteiger partial charge in [-0.3, -0.25) is 4.79 Å². The highest BCUT2D eigenvalue weighted by atomic mass is 16.5. The Hall–Kier alpha value is -1.09. The summed E-state index contributed by atoms with van der Waals surface area (Å²) in [6.07, 6.45) is 1.19. The normalized spacial score (nSPS) is 11.0. The first-order chi connectivity index (χ1) is 7.36. The lowest BCUT2D eigenvalue weighted by molar-refractivity contribution is -0.141. The standard InChI is InChI=1S/C13H22O3/c1-10(2)13(6-8-14,11(3)4)7-9-16-12(5)15/h14H,1,3,6-9H2,2,4-5H3. The molecule has 0 spiro atoms. The summed E-state index contributed by atoms with van der Waals surface area (Å²) >= 11 is 0. The summed E-state index contributed by atoms with van der Waals surface area (Å²) in [5, 5.41) is 9.12. The highest BCUT2D eigenvalue weighted by Gasteiger charge is 2.31. The molecule has 0 radical (unpaired) electrons. The zero-order chi connectivity index (χ0) is 12.8. The van der Waals surface area contributed by atoms with Gasteiger partial charge in [0.2, 0.25) is 0 Å². The highest BCUT2D eigenvalue weighted by molar-refractivity contribution is 5.65. The Labute approximate surface area is 97.8 Å². The van der Waals surface area contributed by atoms with Crippen LogP contribution in [0.25, 0.3) is 0 Å². The van der Waals surface area contributed by atoms with E-state index in [2.05, 4.69) is 13.2 Å². The van der Waals surface area contributed by atoms with Gasteiger partial charge in [-0.25, -0.2) is 0 Å². The van der Waals surface area contributed by atoms with Crippen molar-refractivity contribution in [3.05, 3.63) is 24.3 Å². The summed E-state index contributed by atoms with van der Waals surface area (Å²) in [4.78, 5) is 10.7. The largest absolute Gasteiger partial charge is 0.466 e. The van der Waals surface area contributed by atoms with Gasteiger partial charge in [0.1, 0.15) is 0 Å². The fourth-order valence-corrected chi connectivity index (χ4v) is 1.90. The van der Waals surface area contributed by atoms with Gasteiger partial charge in [-0.05, 0) is 26.7 Å². The molecule has 3 heteroatoms. The summed E-state index contributed by atoms with van der Waals surface area (Å²) in [5.74, 6) is -0.290. The second-order valence-corrected chi connectivity index (χ2v) is 4.21. The Morgan fingerprint density at radius 1 is 1.19 bits per heavy atom. The molecule has 0 heterocycles. The number of ether oxygens (including phenoxy) is 1. The Morgan fingerprint density at radius 3 is 2.00 bits per heavy atom. The third kappa shape index (κ3) is 3.81. The van der Waals surface area contributed by atoms with E-state index in [-0.39, 0.29) is 18.0 Å². The van der Waals surface area contributed by atoms with Gasteiger partial charge in [0.15, 0.2) is 0 Å². The average molecular weight is 226 g/mol. The van der Waals surface area contributed by atoms with E-state index in [1.807, 2.05) is 13.8 Å². The molecule has 0 fully saturated rings. The Morgan fingerprint density at radius 2 is 1.69 bits per heavy atom. The van der Waals surface area contributed by atoms with Crippen LogP contribution >= 0.6 is 0 Å². The van der Waals surface area contributed by atoms with Crippen molar-refractivity contribution in [2.24, 2.45) is 5.41 Å². The minimum atomic E-state index is -0.329. The fraction of sp³-hybridized carbons (Fsp3) is 0.615. The predicted molar refractivity (Wildman–Crippen MR) is 65.0 cm³/mol. The lowest BCUT2D eigenvalue weighted by atomic mass is 9.71. The second kappa shape index (κ2) is 6.48. The zero-order valence-electron chi connectivity index (χ0n) is 10.5. The van der Waals surface area contributed by atoms with Gasteiger partial charge < -0.3 is 9.84 Å². The molecule has 0 bridgehead atoms. The number of carbonyl (C=O) groups excluding carboxylic acids is 1. The van der Waals surface area contributed by atoms with Crippen LogP contribution in [-0.2, 0) is 9.53 Å². The third-order valence-electron chi connectivity index (χ3n) is 3.01. The summed E-state index contributed by atoms with van der Waals surface area (Å²) in [6, 6.07) is 0. The summed E-state index contributed by atoms with van der Waals surface area (Å²) < 4.78 is 4.94. The lowest BCUT2D eigenvalue weighted by Gasteiger charge is -2.34. The van der Waals surface area contributed by atoms with Crippen LogP contribution in [-0.4, -0.2) is 24.3 Å². The molecule has 3 nitrogen and oxygen atoms in total. The van der Waals surface area contributed by atoms with Crippen LogP contribution < -0.4 is 0 Å². The van der Waals surface area contributed by atoms with E-state index in [4.69, 9.17) is 9.84 Å². The van der Waals surface area contributed by atoms with Crippen LogP contribution in [0.2, 0.25) is 0 Å². The SMILES string of the molecule is C=C(C)C(CCO)(CCOC(C)=O)C(=C)C. The first-order valence-corrected chi connectivity index (χ1v) is 5.43. The van der Waals surface area contributed by atoms with Crippen molar-refractivity contribution in [2.45, 2.75) is 33.6 Å². The van der Waals surface area contributed by atoms with E-state index >= 15 is 0 Å². The number of aliphatic hydroxyl groups is 1. The summed E-state index contributed by atoms with van der Waals surface area (Å²) in [5.41, 5.74) is 1.56. The molecule has 0 aromatic rings. The summed E-state index contributed by atoms with van der Waals surface area (Å²) in [7, 11) is 0. The summed E-state index contributed by atoms with van der Waals surface area (Å²) in [6.45, 7) is 13.5. The van der Waals surface area contributed by atoms with Gasteiger partial charge in [-0.15, -0.1) is 0 Å². The molecule has 0 saturated heterocycles. The molecule has 0 unspecified atom stereocenters. The molecular formula is C13H22O3. The van der Waals surface area contributed by atoms with Crippen molar-refractivity contribution < 1.29 is 14.6 Å². The van der Waals surface area contributed by atoms with Crippen LogP contribution in [0.1, 0.15) is 33.6 Å². The Balaban J connectivity index is 4.69. The third-order valence-corrected chi connectivity index (χ3v) is 3.01. The molecule has 0 saturated carbocycles. The number of hydrogen-bond donors (Lipinski definition) is 1. The quantitative estimate of drug-likeness (QED) is 0.536. The molecule has 0 aromatic heterocycles. The molecule has 0 amide bonds. The van der Waals surface area contributed by atoms with Crippen molar-refractivity contribution in [1.29, 1.82) is 0 Å². The van der Waals surface area contributed by atoms with Crippen molar-refractivity contribution in [1.82, 2.24) is 0 Å². The van der Waals surface area contributed by atoms with E-state index in [0.29, 0.717) is 19.4 Å². The molecule has 16 heavy (non-hydrogen) atoms. The van der Waals surface area contributed by atoms with E-state index in [1.54, 1.807) is 0 Å². The second-order valence-electron chi connectivity index (χ2n) is 4.21. The van der Waals surface area contributed by atoms with Crippen LogP contribution in [0.5, 0.6) is 0 Å². The van der Waals surface area contributed by atoms with Gasteiger partial charge in [-0.2, -0.15) is 0 Å². The topological polar surface area (TPSA) is 46.5 Å². The van der Waals surface area contributed by atoms with Gasteiger partial charge >= 0.3 is 5.97 Å². The van der Waals surface area contributed by atoms with Crippen LogP contribution in [0.15, 0.2) is 24.3 Å². The Kier molecular flexibility index (Phi) is 6.04. The maximum Gasteiger partial charge on any atom is 0.302 e. The average Bonchev–Trinajstić information content (AvgIpc) is 2.14. The molecule has 0 aliphatic carbocycles. The van der Waals surface area contributed by atoms with Crippen molar-refractivity contribution in [2.75, 3.05) is 13.2 Å². The molecular weight excluding hydrogens is 204 g/mol. The number of esters is 1. The number of aliphatic hydroxyl groups excluding tert-OH is 1. The lowest BCUT2D eigenvalue weighted by Crippen LogP contribution is -2.27. The highest BCUT2D eigenvalue weighted by Crippen LogP contribution is 2.40.